The number of aldehydes is 1. The molecule has 3 heteroatoms. The van der Waals surface area contributed by atoms with Crippen LogP contribution in [0.15, 0.2) is 24.4 Å². The Hall–Kier alpha value is -1.90. The van der Waals surface area contributed by atoms with Crippen molar-refractivity contribution < 1.29 is 4.79 Å². The molecule has 0 saturated carbocycles. The van der Waals surface area contributed by atoms with Gasteiger partial charge in [0.1, 0.15) is 6.29 Å². The maximum atomic E-state index is 10.6. The van der Waals surface area contributed by atoms with E-state index >= 15 is 0 Å². The first-order valence-corrected chi connectivity index (χ1v) is 4.49. The van der Waals surface area contributed by atoms with Gasteiger partial charge in [0.05, 0.1) is 11.9 Å². The molecule has 1 heterocycles. The number of carbonyl (C=O) groups is 1. The minimum atomic E-state index is 0.714. The van der Waals surface area contributed by atoms with Crippen LogP contribution >= 0.6 is 0 Å². The monoisotopic (exact) mass is 184 g/mol. The normalized spacial score (nSPS) is 12.3. The summed E-state index contributed by atoms with van der Waals surface area (Å²) in [6.07, 6.45) is 3.63. The molecule has 14 heavy (non-hydrogen) atoms. The molecule has 0 aliphatic heterocycles. The summed E-state index contributed by atoms with van der Waals surface area (Å²) in [6.45, 7) is 0. The van der Waals surface area contributed by atoms with Crippen LogP contribution < -0.4 is 0 Å². The molecule has 1 aliphatic carbocycles. The number of aromatic amines is 1. The second-order valence-electron chi connectivity index (χ2n) is 3.48. The maximum absolute atomic E-state index is 10.6. The van der Waals surface area contributed by atoms with Gasteiger partial charge in [-0.2, -0.15) is 5.10 Å². The minimum absolute atomic E-state index is 0.714. The second-order valence-corrected chi connectivity index (χ2v) is 3.48. The number of nitrogens with zero attached hydrogens (tertiary/aromatic N) is 1. The SMILES string of the molecule is O=Cc1ccc2c(c1)-c1[nH]ncc1C2. The Labute approximate surface area is 80.8 Å². The fraction of sp³-hybridized carbons (Fsp3) is 0.0909. The number of hydrogen-bond donors (Lipinski definition) is 1. The van der Waals surface area contributed by atoms with E-state index in [-0.39, 0.29) is 0 Å². The minimum Gasteiger partial charge on any atom is -0.298 e. The first kappa shape index (κ1) is 7.50. The summed E-state index contributed by atoms with van der Waals surface area (Å²) in [5.74, 6) is 0. The maximum Gasteiger partial charge on any atom is 0.150 e. The zero-order valence-electron chi connectivity index (χ0n) is 7.45. The standard InChI is InChI=1S/C11H8N2O/c14-6-7-1-2-8-4-9-5-12-13-11(9)10(8)3-7/h1-3,5-6H,4H2,(H,12,13). The molecule has 1 aromatic heterocycles. The summed E-state index contributed by atoms with van der Waals surface area (Å²) in [5.41, 5.74) is 5.36. The van der Waals surface area contributed by atoms with Crippen molar-refractivity contribution >= 4 is 6.29 Å². The summed E-state index contributed by atoms with van der Waals surface area (Å²) in [7, 11) is 0. The Balaban J connectivity index is 2.26. The summed E-state index contributed by atoms with van der Waals surface area (Å²) in [4.78, 5) is 10.6. The first-order valence-electron chi connectivity index (χ1n) is 4.49. The smallest absolute Gasteiger partial charge is 0.150 e. The lowest BCUT2D eigenvalue weighted by molar-refractivity contribution is 0.112. The van der Waals surface area contributed by atoms with Crippen molar-refractivity contribution in [3.05, 3.63) is 41.1 Å². The Morgan fingerprint density at radius 1 is 1.36 bits per heavy atom. The Kier molecular flexibility index (Phi) is 1.36. The number of benzene rings is 1. The Morgan fingerprint density at radius 3 is 3.14 bits per heavy atom. The van der Waals surface area contributed by atoms with E-state index in [4.69, 9.17) is 0 Å². The molecule has 68 valence electrons. The molecular formula is C11H8N2O. The lowest BCUT2D eigenvalue weighted by Crippen LogP contribution is -1.85. The van der Waals surface area contributed by atoms with Gasteiger partial charge in [-0.25, -0.2) is 0 Å². The highest BCUT2D eigenvalue weighted by atomic mass is 16.1. The fourth-order valence-electron chi connectivity index (χ4n) is 1.94. The van der Waals surface area contributed by atoms with Crippen LogP contribution in [0.25, 0.3) is 11.3 Å². The van der Waals surface area contributed by atoms with Crippen LogP contribution in [-0.4, -0.2) is 16.5 Å². The van der Waals surface area contributed by atoms with Gasteiger partial charge in [-0.15, -0.1) is 0 Å². The van der Waals surface area contributed by atoms with Gasteiger partial charge >= 0.3 is 0 Å². The summed E-state index contributed by atoms with van der Waals surface area (Å²) < 4.78 is 0. The van der Waals surface area contributed by atoms with Crippen LogP contribution in [0, 0.1) is 0 Å². The molecule has 0 fully saturated rings. The zero-order chi connectivity index (χ0) is 9.54. The fourth-order valence-corrected chi connectivity index (χ4v) is 1.94. The van der Waals surface area contributed by atoms with Crippen molar-refractivity contribution in [2.24, 2.45) is 0 Å². The number of rotatable bonds is 1. The third kappa shape index (κ3) is 0.865. The number of carbonyl (C=O) groups excluding carboxylic acids is 1. The highest BCUT2D eigenvalue weighted by Crippen LogP contribution is 2.34. The van der Waals surface area contributed by atoms with E-state index in [1.165, 1.54) is 11.1 Å². The molecular weight excluding hydrogens is 176 g/mol. The van der Waals surface area contributed by atoms with Gasteiger partial charge in [0.25, 0.3) is 0 Å². The largest absolute Gasteiger partial charge is 0.298 e. The number of nitrogens with one attached hydrogen (secondary N) is 1. The third-order valence-electron chi connectivity index (χ3n) is 2.64. The van der Waals surface area contributed by atoms with Crippen LogP contribution in [-0.2, 0) is 6.42 Å². The van der Waals surface area contributed by atoms with E-state index in [9.17, 15) is 4.79 Å². The van der Waals surface area contributed by atoms with E-state index in [1.807, 2.05) is 24.4 Å². The average Bonchev–Trinajstić information content (AvgIpc) is 2.76. The van der Waals surface area contributed by atoms with Gasteiger partial charge in [0.15, 0.2) is 0 Å². The molecule has 0 bridgehead atoms. The lowest BCUT2D eigenvalue weighted by Gasteiger charge is -1.99. The van der Waals surface area contributed by atoms with Crippen molar-refractivity contribution in [3.8, 4) is 11.3 Å². The number of hydrogen-bond acceptors (Lipinski definition) is 2. The third-order valence-corrected chi connectivity index (χ3v) is 2.64. The van der Waals surface area contributed by atoms with Crippen molar-refractivity contribution in [1.82, 2.24) is 10.2 Å². The van der Waals surface area contributed by atoms with Gasteiger partial charge in [0.2, 0.25) is 0 Å². The predicted molar refractivity (Wildman–Crippen MR) is 52.2 cm³/mol. The van der Waals surface area contributed by atoms with Crippen molar-refractivity contribution in [2.75, 3.05) is 0 Å². The molecule has 3 rings (SSSR count). The van der Waals surface area contributed by atoms with Crippen molar-refractivity contribution in [2.45, 2.75) is 6.42 Å². The van der Waals surface area contributed by atoms with Gasteiger partial charge < -0.3 is 0 Å². The highest BCUT2D eigenvalue weighted by molar-refractivity contribution is 5.82. The molecule has 3 nitrogen and oxygen atoms in total. The summed E-state index contributed by atoms with van der Waals surface area (Å²) >= 11 is 0. The van der Waals surface area contributed by atoms with Gasteiger partial charge in [-0.05, 0) is 11.6 Å². The Morgan fingerprint density at radius 2 is 2.29 bits per heavy atom. The van der Waals surface area contributed by atoms with Gasteiger partial charge in [-0.3, -0.25) is 9.89 Å². The molecule has 0 unspecified atom stereocenters. The van der Waals surface area contributed by atoms with Gasteiger partial charge in [0, 0.05) is 23.1 Å². The zero-order valence-corrected chi connectivity index (χ0v) is 7.45. The number of H-pyrrole nitrogens is 1. The lowest BCUT2D eigenvalue weighted by atomic mass is 10.1. The van der Waals surface area contributed by atoms with Crippen LogP contribution in [0.5, 0.6) is 0 Å². The molecule has 0 atom stereocenters. The highest BCUT2D eigenvalue weighted by Gasteiger charge is 2.19. The molecule has 1 N–H and O–H groups in total. The number of aromatic nitrogens is 2. The van der Waals surface area contributed by atoms with Crippen molar-refractivity contribution in [3.63, 3.8) is 0 Å². The van der Waals surface area contributed by atoms with E-state index < -0.39 is 0 Å². The van der Waals surface area contributed by atoms with Crippen LogP contribution in [0.1, 0.15) is 21.5 Å². The first-order chi connectivity index (χ1) is 6.88. The molecule has 0 amide bonds. The molecule has 2 aromatic rings. The predicted octanol–water partition coefficient (Wildman–Crippen LogP) is 1.79. The second kappa shape index (κ2) is 2.54. The molecule has 1 aliphatic rings. The van der Waals surface area contributed by atoms with Crippen LogP contribution in [0.2, 0.25) is 0 Å². The van der Waals surface area contributed by atoms with Crippen LogP contribution in [0.4, 0.5) is 0 Å². The van der Waals surface area contributed by atoms with E-state index in [0.717, 1.165) is 24.0 Å². The topological polar surface area (TPSA) is 45.8 Å². The quantitative estimate of drug-likeness (QED) is 0.586. The molecule has 1 aromatic carbocycles. The average molecular weight is 184 g/mol. The molecule has 0 spiro atoms. The molecule has 0 radical (unpaired) electrons. The van der Waals surface area contributed by atoms with Gasteiger partial charge in [-0.1, -0.05) is 12.1 Å². The van der Waals surface area contributed by atoms with Crippen molar-refractivity contribution in [1.29, 1.82) is 0 Å². The van der Waals surface area contributed by atoms with Crippen LogP contribution in [0.3, 0.4) is 0 Å². The van der Waals surface area contributed by atoms with E-state index in [0.29, 0.717) is 5.56 Å². The van der Waals surface area contributed by atoms with E-state index in [1.54, 1.807) is 0 Å². The summed E-state index contributed by atoms with van der Waals surface area (Å²) in [5, 5.41) is 6.94. The number of fused-ring (bicyclic) bond motifs is 3. The van der Waals surface area contributed by atoms with E-state index in [2.05, 4.69) is 10.2 Å². The Bertz CT molecular complexity index is 514. The molecule has 0 saturated heterocycles. The summed E-state index contributed by atoms with van der Waals surface area (Å²) in [6, 6.07) is 5.77.